The molecule has 106 valence electrons. The third-order valence-corrected chi connectivity index (χ3v) is 3.66. The summed E-state index contributed by atoms with van der Waals surface area (Å²) in [4.78, 5) is 0. The van der Waals surface area contributed by atoms with Gasteiger partial charge in [0.05, 0.1) is 11.8 Å². The number of hydrogen-bond acceptors (Lipinski definition) is 3. The first-order valence-corrected chi connectivity index (χ1v) is 6.75. The average Bonchev–Trinajstić information content (AvgIpc) is 2.79. The molecule has 0 saturated carbocycles. The molecule has 1 aromatic carbocycles. The Balaban J connectivity index is 1.98. The van der Waals surface area contributed by atoms with Gasteiger partial charge in [-0.1, -0.05) is 6.92 Å². The van der Waals surface area contributed by atoms with Gasteiger partial charge in [0.1, 0.15) is 17.7 Å². The first-order valence-electron chi connectivity index (χ1n) is 6.75. The van der Waals surface area contributed by atoms with Crippen LogP contribution in [0.1, 0.15) is 42.4 Å². The number of aromatic nitrogens is 2. The highest BCUT2D eigenvalue weighted by Crippen LogP contribution is 2.41. The summed E-state index contributed by atoms with van der Waals surface area (Å²) in [5.74, 6) is 0.0538. The maximum Gasteiger partial charge on any atom is 0.130 e. The fraction of sp³-hybridized carbons (Fsp3) is 0.400. The van der Waals surface area contributed by atoms with Gasteiger partial charge >= 0.3 is 0 Å². The summed E-state index contributed by atoms with van der Waals surface area (Å²) in [5, 5.41) is 14.6. The van der Waals surface area contributed by atoms with E-state index in [9.17, 15) is 9.50 Å². The Bertz CT molecular complexity index is 639. The summed E-state index contributed by atoms with van der Waals surface area (Å²) >= 11 is 0. The van der Waals surface area contributed by atoms with Crippen LogP contribution >= 0.6 is 0 Å². The van der Waals surface area contributed by atoms with Crippen LogP contribution in [0.15, 0.2) is 24.4 Å². The smallest absolute Gasteiger partial charge is 0.130 e. The van der Waals surface area contributed by atoms with Crippen molar-refractivity contribution in [2.45, 2.75) is 32.0 Å². The summed E-state index contributed by atoms with van der Waals surface area (Å²) < 4.78 is 20.9. The van der Waals surface area contributed by atoms with Gasteiger partial charge in [-0.05, 0) is 18.6 Å². The van der Waals surface area contributed by atoms with Crippen LogP contribution in [0.25, 0.3) is 0 Å². The Kier molecular flexibility index (Phi) is 3.22. The standard InChI is InChI=1S/C15H17FN2O2/c1-3-12-11(8-18(2)17-12)15-7-13(19)10-5-4-9(16)6-14(10)20-15/h4-6,8,13,15,19H,3,7H2,1-2H3/t13-,15?/m1/s1. The molecule has 0 spiro atoms. The van der Waals surface area contributed by atoms with E-state index in [-0.39, 0.29) is 11.9 Å². The topological polar surface area (TPSA) is 47.3 Å². The SMILES string of the molecule is CCc1nn(C)cc1C1C[C@@H](O)c2ccc(F)cc2O1. The first-order chi connectivity index (χ1) is 9.58. The van der Waals surface area contributed by atoms with Crippen molar-refractivity contribution in [1.82, 2.24) is 9.78 Å². The molecule has 5 heteroatoms. The molecule has 2 heterocycles. The molecule has 4 nitrogen and oxygen atoms in total. The molecule has 0 aliphatic carbocycles. The van der Waals surface area contributed by atoms with E-state index < -0.39 is 6.10 Å². The molecule has 0 saturated heterocycles. The minimum atomic E-state index is -0.644. The van der Waals surface area contributed by atoms with Crippen molar-refractivity contribution in [3.63, 3.8) is 0 Å². The Morgan fingerprint density at radius 1 is 1.45 bits per heavy atom. The van der Waals surface area contributed by atoms with Crippen LogP contribution < -0.4 is 4.74 Å². The number of halogens is 1. The summed E-state index contributed by atoms with van der Waals surface area (Å²) in [6.45, 7) is 2.03. The highest BCUT2D eigenvalue weighted by atomic mass is 19.1. The van der Waals surface area contributed by atoms with Gasteiger partial charge in [-0.3, -0.25) is 4.68 Å². The van der Waals surface area contributed by atoms with Gasteiger partial charge in [-0.2, -0.15) is 5.10 Å². The number of hydrogen-bond donors (Lipinski definition) is 1. The number of fused-ring (bicyclic) bond motifs is 1. The molecule has 1 unspecified atom stereocenters. The van der Waals surface area contributed by atoms with Crippen molar-refractivity contribution in [2.75, 3.05) is 0 Å². The molecule has 0 amide bonds. The predicted octanol–water partition coefficient (Wildman–Crippen LogP) is 2.68. The second-order valence-corrected chi connectivity index (χ2v) is 5.10. The number of benzene rings is 1. The van der Waals surface area contributed by atoms with E-state index in [2.05, 4.69) is 5.10 Å². The van der Waals surface area contributed by atoms with Crippen molar-refractivity contribution in [3.8, 4) is 5.75 Å². The molecule has 0 bridgehead atoms. The van der Waals surface area contributed by atoms with Crippen molar-refractivity contribution in [3.05, 3.63) is 47.0 Å². The molecule has 0 fully saturated rings. The molecule has 20 heavy (non-hydrogen) atoms. The Morgan fingerprint density at radius 2 is 2.25 bits per heavy atom. The summed E-state index contributed by atoms with van der Waals surface area (Å²) in [5.41, 5.74) is 2.55. The Labute approximate surface area is 116 Å². The zero-order chi connectivity index (χ0) is 14.3. The molecule has 1 aliphatic heterocycles. The molecular formula is C15H17FN2O2. The lowest BCUT2D eigenvalue weighted by molar-refractivity contribution is 0.0649. The van der Waals surface area contributed by atoms with Crippen LogP contribution in [0.4, 0.5) is 4.39 Å². The molecule has 1 N–H and O–H groups in total. The maximum absolute atomic E-state index is 13.3. The zero-order valence-electron chi connectivity index (χ0n) is 11.5. The molecule has 1 aromatic heterocycles. The van der Waals surface area contributed by atoms with E-state index in [1.807, 2.05) is 20.2 Å². The van der Waals surface area contributed by atoms with Crippen LogP contribution in [0.5, 0.6) is 5.75 Å². The lowest BCUT2D eigenvalue weighted by Gasteiger charge is -2.29. The third kappa shape index (κ3) is 2.18. The number of nitrogens with zero attached hydrogens (tertiary/aromatic N) is 2. The number of ether oxygens (including phenoxy) is 1. The van der Waals surface area contributed by atoms with Gasteiger partial charge in [0.25, 0.3) is 0 Å². The summed E-state index contributed by atoms with van der Waals surface area (Å²) in [6, 6.07) is 4.25. The van der Waals surface area contributed by atoms with E-state index in [1.54, 1.807) is 10.7 Å². The highest BCUT2D eigenvalue weighted by molar-refractivity contribution is 5.39. The number of aryl methyl sites for hydroxylation is 2. The number of aliphatic hydroxyl groups is 1. The lowest BCUT2D eigenvalue weighted by Crippen LogP contribution is -2.19. The second kappa shape index (κ2) is 4.90. The van der Waals surface area contributed by atoms with Crippen LogP contribution in [0, 0.1) is 5.82 Å². The molecule has 0 radical (unpaired) electrons. The van der Waals surface area contributed by atoms with E-state index in [4.69, 9.17) is 4.74 Å². The van der Waals surface area contributed by atoms with Gasteiger partial charge < -0.3 is 9.84 Å². The normalized spacial score (nSPS) is 21.4. The largest absolute Gasteiger partial charge is 0.485 e. The fourth-order valence-corrected chi connectivity index (χ4v) is 2.70. The van der Waals surface area contributed by atoms with E-state index >= 15 is 0 Å². The van der Waals surface area contributed by atoms with Gasteiger partial charge in [-0.15, -0.1) is 0 Å². The van der Waals surface area contributed by atoms with Crippen LogP contribution in [0.3, 0.4) is 0 Å². The Morgan fingerprint density at radius 3 is 3.00 bits per heavy atom. The summed E-state index contributed by atoms with van der Waals surface area (Å²) in [7, 11) is 1.86. The Hall–Kier alpha value is -1.88. The average molecular weight is 276 g/mol. The zero-order valence-corrected chi connectivity index (χ0v) is 11.5. The van der Waals surface area contributed by atoms with Crippen LogP contribution in [-0.2, 0) is 13.5 Å². The van der Waals surface area contributed by atoms with Crippen LogP contribution in [-0.4, -0.2) is 14.9 Å². The minimum Gasteiger partial charge on any atom is -0.485 e. The van der Waals surface area contributed by atoms with Crippen molar-refractivity contribution < 1.29 is 14.2 Å². The van der Waals surface area contributed by atoms with Crippen molar-refractivity contribution in [2.24, 2.45) is 7.05 Å². The van der Waals surface area contributed by atoms with E-state index in [1.165, 1.54) is 12.1 Å². The maximum atomic E-state index is 13.3. The second-order valence-electron chi connectivity index (χ2n) is 5.10. The molecule has 3 rings (SSSR count). The van der Waals surface area contributed by atoms with E-state index in [0.29, 0.717) is 17.7 Å². The molecule has 1 aliphatic rings. The lowest BCUT2D eigenvalue weighted by atomic mass is 9.95. The molecular weight excluding hydrogens is 259 g/mol. The van der Waals surface area contributed by atoms with Gasteiger partial charge in [0.2, 0.25) is 0 Å². The van der Waals surface area contributed by atoms with Gasteiger partial charge in [0, 0.05) is 36.9 Å². The monoisotopic (exact) mass is 276 g/mol. The van der Waals surface area contributed by atoms with Gasteiger partial charge in [-0.25, -0.2) is 4.39 Å². The number of rotatable bonds is 2. The van der Waals surface area contributed by atoms with E-state index in [0.717, 1.165) is 17.7 Å². The number of aliphatic hydroxyl groups excluding tert-OH is 1. The molecule has 2 atom stereocenters. The summed E-state index contributed by atoms with van der Waals surface area (Å²) in [6.07, 6.45) is 2.22. The first kappa shape index (κ1) is 13.1. The fourth-order valence-electron chi connectivity index (χ4n) is 2.70. The van der Waals surface area contributed by atoms with Gasteiger partial charge in [0.15, 0.2) is 0 Å². The predicted molar refractivity (Wildman–Crippen MR) is 71.9 cm³/mol. The molecule has 2 aromatic rings. The third-order valence-electron chi connectivity index (χ3n) is 3.66. The van der Waals surface area contributed by atoms with Crippen molar-refractivity contribution in [1.29, 1.82) is 0 Å². The highest BCUT2D eigenvalue weighted by Gasteiger charge is 2.30. The minimum absolute atomic E-state index is 0.289. The van der Waals surface area contributed by atoms with Crippen molar-refractivity contribution >= 4 is 0 Å². The van der Waals surface area contributed by atoms with Crippen LogP contribution in [0.2, 0.25) is 0 Å². The quantitative estimate of drug-likeness (QED) is 0.917.